The monoisotopic (exact) mass is 341 g/mol. The van der Waals surface area contributed by atoms with Gasteiger partial charge < -0.3 is 0 Å². The van der Waals surface area contributed by atoms with E-state index in [1.807, 2.05) is 30.6 Å². The largest absolute Gasteiger partial charge is 0.267 e. The normalized spacial score (nSPS) is 11.4. The van der Waals surface area contributed by atoms with Gasteiger partial charge in [-0.25, -0.2) is 18.6 Å². The van der Waals surface area contributed by atoms with Crippen molar-refractivity contribution in [1.29, 1.82) is 0 Å². The van der Waals surface area contributed by atoms with Gasteiger partial charge in [-0.05, 0) is 16.5 Å². The zero-order valence-electron chi connectivity index (χ0n) is 13.3. The molecule has 2 aromatic rings. The highest BCUT2D eigenvalue weighted by Crippen LogP contribution is 2.19. The maximum absolute atomic E-state index is 8.49. The van der Waals surface area contributed by atoms with Crippen LogP contribution in [0.1, 0.15) is 31.9 Å². The molecule has 0 N–H and O–H groups in total. The van der Waals surface area contributed by atoms with Gasteiger partial charge in [0.2, 0.25) is 12.4 Å². The molecule has 0 bridgehead atoms. The molecule has 0 radical (unpaired) electrons. The Morgan fingerprint density at radius 1 is 0.913 bits per heavy atom. The molecule has 6 nitrogen and oxygen atoms in total. The number of hydrogen-bond donors (Lipinski definition) is 0. The number of pyridine rings is 1. The topological polar surface area (TPSA) is 105 Å². The summed E-state index contributed by atoms with van der Waals surface area (Å²) in [6.45, 7) is 7.20. The molecule has 0 aliphatic heterocycles. The lowest BCUT2D eigenvalue weighted by molar-refractivity contribution is -2.00. The third-order valence-electron chi connectivity index (χ3n) is 2.89. The van der Waals surface area contributed by atoms with Crippen molar-refractivity contribution in [2.75, 3.05) is 0 Å². The summed E-state index contributed by atoms with van der Waals surface area (Å²) in [5.41, 5.74) is 2.66. The van der Waals surface area contributed by atoms with Crippen molar-refractivity contribution in [3.05, 3.63) is 66.0 Å². The van der Waals surface area contributed by atoms with Crippen LogP contribution in [0.4, 0.5) is 0 Å². The number of rotatable bonds is 3. The molecule has 7 heteroatoms. The Hall–Kier alpha value is -1.70. The number of hydrogen-bond acceptors (Lipinski definition) is 5. The summed E-state index contributed by atoms with van der Waals surface area (Å²) in [7, 11) is -4.94. The van der Waals surface area contributed by atoms with E-state index in [0.717, 1.165) is 0 Å². The predicted octanol–water partition coefficient (Wildman–Crippen LogP) is -1.86. The first-order valence-electron chi connectivity index (χ1n) is 6.86. The van der Waals surface area contributed by atoms with Crippen molar-refractivity contribution < 1.29 is 38.4 Å². The first kappa shape index (κ1) is 19.3. The van der Waals surface area contributed by atoms with Crippen molar-refractivity contribution in [1.82, 2.24) is 0 Å². The Labute approximate surface area is 137 Å². The second-order valence-corrected chi connectivity index (χ2v) is 6.59. The van der Waals surface area contributed by atoms with Gasteiger partial charge in [0.25, 0.3) is 0 Å². The standard InChI is InChI=1S/C16H20NO.ClHO4/c1-16(2,3)15-9-11-17(12-10-15)18-13-14-7-5-4-6-8-14;2-1(3,4)5/h4-12H,13H2,1-3H3;(H,2,3,4,5)/q+1;/p-1. The Kier molecular flexibility index (Phi) is 6.93. The third-order valence-corrected chi connectivity index (χ3v) is 2.89. The van der Waals surface area contributed by atoms with E-state index < -0.39 is 10.2 Å². The molecule has 23 heavy (non-hydrogen) atoms. The fourth-order valence-electron chi connectivity index (χ4n) is 1.72. The van der Waals surface area contributed by atoms with Crippen LogP contribution in [-0.2, 0) is 12.0 Å². The van der Waals surface area contributed by atoms with Crippen LogP contribution in [0.3, 0.4) is 0 Å². The van der Waals surface area contributed by atoms with E-state index >= 15 is 0 Å². The highest BCUT2D eigenvalue weighted by molar-refractivity contribution is 5.17. The van der Waals surface area contributed by atoms with Crippen LogP contribution in [0.2, 0.25) is 0 Å². The molecule has 0 aliphatic rings. The molecule has 0 saturated carbocycles. The highest BCUT2D eigenvalue weighted by Gasteiger charge is 2.15. The number of benzene rings is 1. The molecule has 0 amide bonds. The van der Waals surface area contributed by atoms with Gasteiger partial charge in [-0.15, -0.1) is 10.2 Å². The van der Waals surface area contributed by atoms with Crippen LogP contribution in [0.5, 0.6) is 0 Å². The van der Waals surface area contributed by atoms with Gasteiger partial charge in [0, 0.05) is 16.9 Å². The van der Waals surface area contributed by atoms with Gasteiger partial charge in [-0.2, -0.15) is 0 Å². The van der Waals surface area contributed by atoms with E-state index in [1.165, 1.54) is 11.1 Å². The molecule has 0 saturated heterocycles. The maximum atomic E-state index is 8.49. The van der Waals surface area contributed by atoms with Crippen molar-refractivity contribution in [3.8, 4) is 0 Å². The zero-order chi connectivity index (χ0) is 17.5. The molecular weight excluding hydrogens is 322 g/mol. The molecular formula is C16H20ClNO5. The quantitative estimate of drug-likeness (QED) is 0.609. The minimum atomic E-state index is -4.94. The summed E-state index contributed by atoms with van der Waals surface area (Å²) in [4.78, 5) is 5.68. The number of halogens is 1. The lowest BCUT2D eigenvalue weighted by Crippen LogP contribution is -2.68. The lowest BCUT2D eigenvalue weighted by atomic mass is 9.88. The molecule has 1 aromatic heterocycles. The Balaban J connectivity index is 0.000000463. The van der Waals surface area contributed by atoms with Gasteiger partial charge in [-0.3, -0.25) is 4.84 Å². The van der Waals surface area contributed by atoms with Crippen LogP contribution in [0, 0.1) is 10.2 Å². The van der Waals surface area contributed by atoms with E-state index in [9.17, 15) is 0 Å². The minimum Gasteiger partial charge on any atom is -0.267 e. The van der Waals surface area contributed by atoms with Gasteiger partial charge >= 0.3 is 0 Å². The molecule has 2 rings (SSSR count). The molecule has 1 heterocycles. The van der Waals surface area contributed by atoms with E-state index in [2.05, 4.69) is 45.0 Å². The van der Waals surface area contributed by atoms with Gasteiger partial charge in [0.15, 0.2) is 6.61 Å². The van der Waals surface area contributed by atoms with Gasteiger partial charge in [-0.1, -0.05) is 51.1 Å². The second kappa shape index (κ2) is 8.24. The lowest BCUT2D eigenvalue weighted by Gasteiger charge is -2.17. The molecule has 0 aliphatic carbocycles. The molecule has 0 unspecified atom stereocenters. The summed E-state index contributed by atoms with van der Waals surface area (Å²) in [5, 5.41) is 0. The minimum absolute atomic E-state index is 0.179. The van der Waals surface area contributed by atoms with Crippen LogP contribution in [0.15, 0.2) is 54.9 Å². The van der Waals surface area contributed by atoms with Crippen molar-refractivity contribution >= 4 is 0 Å². The van der Waals surface area contributed by atoms with E-state index in [-0.39, 0.29) is 5.41 Å². The van der Waals surface area contributed by atoms with Crippen LogP contribution in [0.25, 0.3) is 0 Å². The smallest absolute Gasteiger partial charge is 0.222 e. The summed E-state index contributed by atoms with van der Waals surface area (Å²) in [6, 6.07) is 14.4. The van der Waals surface area contributed by atoms with Gasteiger partial charge in [0.05, 0.1) is 0 Å². The van der Waals surface area contributed by atoms with E-state index in [4.69, 9.17) is 23.5 Å². The number of nitrogens with zero attached hydrogens (tertiary/aromatic N) is 1. The van der Waals surface area contributed by atoms with Crippen LogP contribution < -0.4 is 28.2 Å². The molecule has 0 fully saturated rings. The average molecular weight is 342 g/mol. The second-order valence-electron chi connectivity index (χ2n) is 5.83. The summed E-state index contributed by atoms with van der Waals surface area (Å²) in [5.74, 6) is 0. The first-order chi connectivity index (χ1) is 10.6. The maximum Gasteiger partial charge on any atom is 0.222 e. The molecule has 0 spiro atoms. The van der Waals surface area contributed by atoms with E-state index in [0.29, 0.717) is 6.61 Å². The van der Waals surface area contributed by atoms with Gasteiger partial charge in [0.1, 0.15) is 0 Å². The summed E-state index contributed by atoms with van der Waals surface area (Å²) < 4.78 is 35.7. The fourth-order valence-corrected chi connectivity index (χ4v) is 1.72. The Morgan fingerprint density at radius 3 is 1.83 bits per heavy atom. The summed E-state index contributed by atoms with van der Waals surface area (Å²) >= 11 is 0. The van der Waals surface area contributed by atoms with Crippen LogP contribution >= 0.6 is 0 Å². The number of aromatic nitrogens is 1. The third kappa shape index (κ3) is 9.12. The molecule has 126 valence electrons. The summed E-state index contributed by atoms with van der Waals surface area (Å²) in [6.07, 6.45) is 3.92. The SMILES string of the molecule is CC(C)(C)c1cc[n+](OCc2ccccc2)cc1.[O-][Cl+3]([O-])([O-])[O-]. The Morgan fingerprint density at radius 2 is 1.39 bits per heavy atom. The molecule has 0 atom stereocenters. The predicted molar refractivity (Wildman–Crippen MR) is 72.1 cm³/mol. The Bertz CT molecular complexity index is 570. The molecule has 1 aromatic carbocycles. The van der Waals surface area contributed by atoms with Crippen LogP contribution in [-0.4, -0.2) is 0 Å². The highest BCUT2D eigenvalue weighted by atomic mass is 35.7. The van der Waals surface area contributed by atoms with Crippen molar-refractivity contribution in [3.63, 3.8) is 0 Å². The fraction of sp³-hybridized carbons (Fsp3) is 0.312. The van der Waals surface area contributed by atoms with Crippen molar-refractivity contribution in [2.45, 2.75) is 32.8 Å². The van der Waals surface area contributed by atoms with Crippen molar-refractivity contribution in [2.24, 2.45) is 0 Å². The zero-order valence-corrected chi connectivity index (χ0v) is 14.0. The first-order valence-corrected chi connectivity index (χ1v) is 8.10. The van der Waals surface area contributed by atoms with E-state index in [1.54, 1.807) is 4.73 Å². The average Bonchev–Trinajstić information content (AvgIpc) is 2.44.